The molecule has 6 heteroatoms. The van der Waals surface area contributed by atoms with Crippen molar-refractivity contribution in [3.8, 4) is 11.3 Å². The Bertz CT molecular complexity index is 1710. The Morgan fingerprint density at radius 1 is 0.786 bits per heavy atom. The van der Waals surface area contributed by atoms with E-state index in [9.17, 15) is 14.7 Å². The van der Waals surface area contributed by atoms with E-state index in [1.807, 2.05) is 54.9 Å². The van der Waals surface area contributed by atoms with Crippen molar-refractivity contribution >= 4 is 18.0 Å². The summed E-state index contributed by atoms with van der Waals surface area (Å²) in [5.74, 6) is 0.0524. The van der Waals surface area contributed by atoms with Crippen LogP contribution in [-0.4, -0.2) is 44.5 Å². The number of hydrogen-bond donors (Lipinski definition) is 1. The van der Waals surface area contributed by atoms with Gasteiger partial charge in [0.05, 0.1) is 17.4 Å². The number of rotatable bonds is 6. The summed E-state index contributed by atoms with van der Waals surface area (Å²) in [5.41, 5.74) is 5.52. The summed E-state index contributed by atoms with van der Waals surface area (Å²) in [4.78, 5) is 30.5. The average Bonchev–Trinajstić information content (AvgIpc) is 3.50. The lowest BCUT2D eigenvalue weighted by atomic mass is 9.59. The molecule has 1 aromatic heterocycles. The summed E-state index contributed by atoms with van der Waals surface area (Å²) in [6.07, 6.45) is 5.56. The lowest BCUT2D eigenvalue weighted by Crippen LogP contribution is -2.66. The first-order valence-electron chi connectivity index (χ1n) is 14.0. The number of carbonyl (C=O) groups is 2. The zero-order valence-electron chi connectivity index (χ0n) is 22.9. The van der Waals surface area contributed by atoms with Gasteiger partial charge in [0, 0.05) is 24.8 Å². The molecular formula is C36H29N3O3. The smallest absolute Gasteiger partial charge is 0.407 e. The predicted octanol–water partition coefficient (Wildman–Crippen LogP) is 6.73. The Morgan fingerprint density at radius 2 is 1.31 bits per heavy atom. The van der Waals surface area contributed by atoms with Crippen molar-refractivity contribution in [3.63, 3.8) is 0 Å². The molecule has 4 aromatic carbocycles. The molecule has 2 heterocycles. The fraction of sp³-hybridized carbons (Fsp3) is 0.139. The highest BCUT2D eigenvalue weighted by Crippen LogP contribution is 2.49. The maximum absolute atomic E-state index is 13.1. The first kappa shape index (κ1) is 25.7. The molecule has 2 fully saturated rings. The molecule has 1 aliphatic heterocycles. The standard InChI is InChI=1S/C36H29N3O3/c40-33-27(21-35(33)23-38(24-35)34(41)42)20-26-12-10-11-19-31(26)32-22-39(25-37-32)36(28-13-4-1-5-14-28,29-15-6-2-7-16-29)30-17-8-3-9-18-30/h1-20,22,25H,21,23-24H2,(H,41,42)/b27-20+. The fourth-order valence-electron chi connectivity index (χ4n) is 6.63. The number of carbonyl (C=O) groups excluding carboxylic acids is 1. The zero-order valence-corrected chi connectivity index (χ0v) is 22.9. The number of imidazole rings is 1. The third-order valence-corrected chi connectivity index (χ3v) is 8.67. The Balaban J connectivity index is 1.32. The van der Waals surface area contributed by atoms with Gasteiger partial charge in [0.25, 0.3) is 0 Å². The first-order chi connectivity index (χ1) is 20.5. The van der Waals surface area contributed by atoms with E-state index in [1.165, 1.54) is 4.90 Å². The van der Waals surface area contributed by atoms with Gasteiger partial charge < -0.3 is 14.6 Å². The molecule has 0 unspecified atom stereocenters. The third-order valence-electron chi connectivity index (χ3n) is 8.67. The number of carboxylic acid groups (broad SMARTS) is 1. The number of likely N-dealkylation sites (tertiary alicyclic amines) is 1. The van der Waals surface area contributed by atoms with Crippen LogP contribution in [0.4, 0.5) is 4.79 Å². The maximum atomic E-state index is 13.1. The monoisotopic (exact) mass is 551 g/mol. The van der Waals surface area contributed by atoms with Crippen molar-refractivity contribution in [2.45, 2.75) is 12.0 Å². The third kappa shape index (κ3) is 3.98. The van der Waals surface area contributed by atoms with Gasteiger partial charge in [-0.05, 0) is 40.3 Å². The van der Waals surface area contributed by atoms with Gasteiger partial charge in [-0.2, -0.15) is 0 Å². The molecule has 1 saturated heterocycles. The molecule has 7 rings (SSSR count). The molecule has 42 heavy (non-hydrogen) atoms. The van der Waals surface area contributed by atoms with Crippen LogP contribution in [0.15, 0.2) is 133 Å². The van der Waals surface area contributed by atoms with Crippen molar-refractivity contribution < 1.29 is 14.7 Å². The van der Waals surface area contributed by atoms with Crippen LogP contribution in [0.25, 0.3) is 17.3 Å². The van der Waals surface area contributed by atoms with E-state index in [4.69, 9.17) is 4.98 Å². The van der Waals surface area contributed by atoms with Crippen molar-refractivity contribution in [1.29, 1.82) is 0 Å². The molecule has 1 N–H and O–H groups in total. The molecule has 5 aromatic rings. The Kier molecular flexibility index (Phi) is 6.12. The molecule has 0 atom stereocenters. The minimum absolute atomic E-state index is 0.0524. The molecule has 1 amide bonds. The molecule has 1 saturated carbocycles. The summed E-state index contributed by atoms with van der Waals surface area (Å²) in [5, 5.41) is 9.20. The number of allylic oxidation sites excluding steroid dienone is 1. The van der Waals surface area contributed by atoms with Crippen LogP contribution >= 0.6 is 0 Å². The zero-order chi connectivity index (χ0) is 28.7. The number of aromatic nitrogens is 2. The van der Waals surface area contributed by atoms with Gasteiger partial charge >= 0.3 is 6.09 Å². The van der Waals surface area contributed by atoms with E-state index in [0.717, 1.165) is 39.1 Å². The highest BCUT2D eigenvalue weighted by molar-refractivity contribution is 6.11. The van der Waals surface area contributed by atoms with E-state index in [2.05, 4.69) is 83.6 Å². The van der Waals surface area contributed by atoms with Gasteiger partial charge in [-0.3, -0.25) is 4.79 Å². The highest BCUT2D eigenvalue weighted by atomic mass is 16.4. The van der Waals surface area contributed by atoms with Crippen molar-refractivity contribution in [3.05, 3.63) is 156 Å². The highest BCUT2D eigenvalue weighted by Gasteiger charge is 2.58. The lowest BCUT2D eigenvalue weighted by Gasteiger charge is -2.53. The summed E-state index contributed by atoms with van der Waals surface area (Å²) < 4.78 is 2.19. The maximum Gasteiger partial charge on any atom is 0.407 e. The molecule has 0 radical (unpaired) electrons. The Labute approximate surface area is 244 Å². The fourth-order valence-corrected chi connectivity index (χ4v) is 6.63. The topological polar surface area (TPSA) is 75.4 Å². The van der Waals surface area contributed by atoms with Crippen LogP contribution in [0.5, 0.6) is 0 Å². The first-order valence-corrected chi connectivity index (χ1v) is 14.0. The van der Waals surface area contributed by atoms with Crippen LogP contribution in [0.3, 0.4) is 0 Å². The summed E-state index contributed by atoms with van der Waals surface area (Å²) in [6.45, 7) is 0.566. The molecule has 6 nitrogen and oxygen atoms in total. The molecular weight excluding hydrogens is 522 g/mol. The number of ketones is 1. The number of hydrogen-bond acceptors (Lipinski definition) is 3. The minimum Gasteiger partial charge on any atom is -0.465 e. The number of benzene rings is 4. The summed E-state index contributed by atoms with van der Waals surface area (Å²) in [6, 6.07) is 39.4. The number of Topliss-reactive ketones (excluding diaryl/α,β-unsaturated/α-hetero) is 1. The van der Waals surface area contributed by atoms with Gasteiger partial charge in [-0.1, -0.05) is 115 Å². The van der Waals surface area contributed by atoms with E-state index in [1.54, 1.807) is 0 Å². The van der Waals surface area contributed by atoms with E-state index < -0.39 is 17.0 Å². The number of amides is 1. The summed E-state index contributed by atoms with van der Waals surface area (Å²) in [7, 11) is 0. The van der Waals surface area contributed by atoms with Gasteiger partial charge in [0.1, 0.15) is 5.54 Å². The number of nitrogens with zero attached hydrogens (tertiary/aromatic N) is 3. The second kappa shape index (κ2) is 10.00. The van der Waals surface area contributed by atoms with Crippen LogP contribution in [0, 0.1) is 5.41 Å². The van der Waals surface area contributed by atoms with Gasteiger partial charge in [-0.15, -0.1) is 0 Å². The minimum atomic E-state index is -0.968. The van der Waals surface area contributed by atoms with E-state index >= 15 is 0 Å². The van der Waals surface area contributed by atoms with Gasteiger partial charge in [0.2, 0.25) is 0 Å². The second-order valence-electron chi connectivity index (χ2n) is 11.2. The van der Waals surface area contributed by atoms with Gasteiger partial charge in [-0.25, -0.2) is 9.78 Å². The molecule has 2 aliphatic rings. The van der Waals surface area contributed by atoms with Gasteiger partial charge in [0.15, 0.2) is 5.78 Å². The summed E-state index contributed by atoms with van der Waals surface area (Å²) >= 11 is 0. The Morgan fingerprint density at radius 3 is 1.83 bits per heavy atom. The average molecular weight is 552 g/mol. The van der Waals surface area contributed by atoms with E-state index in [-0.39, 0.29) is 18.9 Å². The van der Waals surface area contributed by atoms with Crippen molar-refractivity contribution in [1.82, 2.24) is 14.5 Å². The van der Waals surface area contributed by atoms with Crippen LogP contribution < -0.4 is 0 Å². The molecule has 0 bridgehead atoms. The molecule has 206 valence electrons. The quantitative estimate of drug-likeness (QED) is 0.188. The van der Waals surface area contributed by atoms with E-state index in [0.29, 0.717) is 6.42 Å². The molecule has 1 aliphatic carbocycles. The second-order valence-corrected chi connectivity index (χ2v) is 11.2. The van der Waals surface area contributed by atoms with Crippen molar-refractivity contribution in [2.24, 2.45) is 5.41 Å². The Hall–Kier alpha value is -5.23. The molecule has 1 spiro atoms. The van der Waals surface area contributed by atoms with Crippen molar-refractivity contribution in [2.75, 3.05) is 13.1 Å². The largest absolute Gasteiger partial charge is 0.465 e. The predicted molar refractivity (Wildman–Crippen MR) is 162 cm³/mol. The van der Waals surface area contributed by atoms with Crippen LogP contribution in [0.1, 0.15) is 28.7 Å². The van der Waals surface area contributed by atoms with Crippen LogP contribution in [-0.2, 0) is 10.3 Å². The lowest BCUT2D eigenvalue weighted by molar-refractivity contribution is -0.141. The van der Waals surface area contributed by atoms with Crippen LogP contribution in [0.2, 0.25) is 0 Å². The SMILES string of the molecule is O=C(O)N1CC2(C/C(=C\c3ccccc3-c3cn(C(c4ccccc4)(c4ccccc4)c4ccccc4)cn3)C2=O)C1. The normalized spacial score (nSPS) is 16.7.